The lowest BCUT2D eigenvalue weighted by atomic mass is 10.1. The zero-order valence-corrected chi connectivity index (χ0v) is 10.6. The topological polar surface area (TPSA) is 49.9 Å². The van der Waals surface area contributed by atoms with Crippen molar-refractivity contribution in [1.29, 1.82) is 0 Å². The maximum atomic E-state index is 11.6. The summed E-state index contributed by atoms with van der Waals surface area (Å²) in [4.78, 5) is 14.9. The lowest BCUT2D eigenvalue weighted by Gasteiger charge is -2.02. The molecule has 0 fully saturated rings. The number of aromatic amines is 1. The molecule has 0 bridgehead atoms. The molecule has 1 aromatic carbocycles. The molecule has 1 N–H and O–H groups in total. The fourth-order valence-electron chi connectivity index (χ4n) is 1.50. The second-order valence-electron chi connectivity index (χ2n) is 3.54. The number of benzene rings is 1. The molecule has 1 atom stereocenters. The first kappa shape index (κ1) is 12.1. The van der Waals surface area contributed by atoms with Gasteiger partial charge in [0.2, 0.25) is 0 Å². The largest absolute Gasteiger partial charge is 0.327 e. The zero-order valence-electron chi connectivity index (χ0n) is 9.07. The van der Waals surface area contributed by atoms with Crippen LogP contribution in [0.5, 0.6) is 0 Å². The van der Waals surface area contributed by atoms with Crippen LogP contribution in [0.3, 0.4) is 0 Å². The predicted octanol–water partition coefficient (Wildman–Crippen LogP) is 2.43. The van der Waals surface area contributed by atoms with Crippen molar-refractivity contribution in [2.24, 2.45) is 0 Å². The van der Waals surface area contributed by atoms with Gasteiger partial charge < -0.3 is 4.98 Å². The molecule has 0 spiro atoms. The molecule has 0 amide bonds. The van der Waals surface area contributed by atoms with Crippen LogP contribution < -0.4 is 5.56 Å². The van der Waals surface area contributed by atoms with E-state index in [0.717, 1.165) is 10.5 Å². The van der Waals surface area contributed by atoms with E-state index in [1.54, 1.807) is 36.6 Å². The minimum absolute atomic E-state index is 0.195. The second kappa shape index (κ2) is 4.85. The molecule has 88 valence electrons. The number of halogens is 1. The van der Waals surface area contributed by atoms with E-state index in [2.05, 4.69) is 4.98 Å². The molecule has 0 aliphatic carbocycles. The van der Waals surface area contributed by atoms with Crippen molar-refractivity contribution in [3.63, 3.8) is 0 Å². The first-order chi connectivity index (χ1) is 8.08. The molecule has 0 saturated carbocycles. The average Bonchev–Trinajstić information content (AvgIpc) is 2.32. The summed E-state index contributed by atoms with van der Waals surface area (Å²) in [7, 11) is -1.02. The molecule has 0 aliphatic rings. The van der Waals surface area contributed by atoms with Crippen molar-refractivity contribution in [3.8, 4) is 11.1 Å². The highest BCUT2D eigenvalue weighted by Crippen LogP contribution is 2.19. The van der Waals surface area contributed by atoms with Crippen LogP contribution in [-0.2, 0) is 10.8 Å². The Morgan fingerprint density at radius 1 is 1.24 bits per heavy atom. The predicted molar refractivity (Wildman–Crippen MR) is 69.8 cm³/mol. The summed E-state index contributed by atoms with van der Waals surface area (Å²) in [6.07, 6.45) is 3.06. The van der Waals surface area contributed by atoms with Crippen LogP contribution >= 0.6 is 11.6 Å². The Bertz CT molecular complexity index is 619. The third-order valence-corrected chi connectivity index (χ3v) is 3.52. The van der Waals surface area contributed by atoms with Crippen LogP contribution in [0.1, 0.15) is 0 Å². The van der Waals surface area contributed by atoms with Crippen LogP contribution in [0, 0.1) is 0 Å². The Balaban J connectivity index is 2.50. The van der Waals surface area contributed by atoms with Crippen molar-refractivity contribution in [2.45, 2.75) is 4.90 Å². The smallest absolute Gasteiger partial charge is 0.255 e. The lowest BCUT2D eigenvalue weighted by Crippen LogP contribution is -2.07. The van der Waals surface area contributed by atoms with Gasteiger partial charge in [-0.05, 0) is 23.8 Å². The van der Waals surface area contributed by atoms with E-state index in [9.17, 15) is 9.00 Å². The van der Waals surface area contributed by atoms with Gasteiger partial charge in [-0.25, -0.2) is 0 Å². The monoisotopic (exact) mass is 267 g/mol. The van der Waals surface area contributed by atoms with Gasteiger partial charge >= 0.3 is 0 Å². The van der Waals surface area contributed by atoms with E-state index < -0.39 is 10.8 Å². The Morgan fingerprint density at radius 3 is 2.47 bits per heavy atom. The molecule has 2 rings (SSSR count). The van der Waals surface area contributed by atoms with Gasteiger partial charge in [0.15, 0.2) is 0 Å². The summed E-state index contributed by atoms with van der Waals surface area (Å²) in [5.41, 5.74) is 1.06. The third kappa shape index (κ3) is 2.65. The fraction of sp³-hybridized carbons (Fsp3) is 0.0833. The van der Waals surface area contributed by atoms with Crippen molar-refractivity contribution in [2.75, 3.05) is 6.26 Å². The zero-order chi connectivity index (χ0) is 12.4. The molecule has 2 aromatic rings. The standard InChI is InChI=1S/C12H10ClNO2S/c1-17(16)10-4-2-8(3-5-10)11-6-9(13)7-14-12(11)15/h2-7H,1H3,(H,14,15). The highest BCUT2D eigenvalue weighted by Gasteiger charge is 2.05. The van der Waals surface area contributed by atoms with Crippen molar-refractivity contribution in [1.82, 2.24) is 4.98 Å². The number of H-pyrrole nitrogens is 1. The minimum Gasteiger partial charge on any atom is -0.327 e. The summed E-state index contributed by atoms with van der Waals surface area (Å²) in [6, 6.07) is 8.62. The van der Waals surface area contributed by atoms with Crippen molar-refractivity contribution in [3.05, 3.63) is 51.9 Å². The summed E-state index contributed by atoms with van der Waals surface area (Å²) >= 11 is 5.83. The maximum absolute atomic E-state index is 11.6. The fourth-order valence-corrected chi connectivity index (χ4v) is 2.18. The molecule has 1 unspecified atom stereocenters. The molecule has 0 saturated heterocycles. The van der Waals surface area contributed by atoms with E-state index in [0.29, 0.717) is 10.6 Å². The Hall–Kier alpha value is -1.39. The first-order valence-electron chi connectivity index (χ1n) is 4.90. The molecule has 1 aromatic heterocycles. The Morgan fingerprint density at radius 2 is 1.88 bits per heavy atom. The second-order valence-corrected chi connectivity index (χ2v) is 5.36. The number of aromatic nitrogens is 1. The number of hydrogen-bond donors (Lipinski definition) is 1. The van der Waals surface area contributed by atoms with Crippen molar-refractivity contribution >= 4 is 22.4 Å². The quantitative estimate of drug-likeness (QED) is 0.909. The Kier molecular flexibility index (Phi) is 3.45. The third-order valence-electron chi connectivity index (χ3n) is 2.37. The summed E-state index contributed by atoms with van der Waals surface area (Å²) < 4.78 is 11.2. The summed E-state index contributed by atoms with van der Waals surface area (Å²) in [5.74, 6) is 0. The van der Waals surface area contributed by atoms with Crippen LogP contribution in [-0.4, -0.2) is 15.4 Å². The average molecular weight is 268 g/mol. The van der Waals surface area contributed by atoms with Gasteiger partial charge in [-0.2, -0.15) is 0 Å². The minimum atomic E-state index is -1.02. The SMILES string of the molecule is CS(=O)c1ccc(-c2cc(Cl)c[nH]c2=O)cc1. The van der Waals surface area contributed by atoms with Crippen LogP contribution in [0.2, 0.25) is 5.02 Å². The molecule has 17 heavy (non-hydrogen) atoms. The molecule has 1 heterocycles. The van der Waals surface area contributed by atoms with Gasteiger partial charge in [-0.3, -0.25) is 9.00 Å². The van der Waals surface area contributed by atoms with Gasteiger partial charge in [0.05, 0.1) is 5.02 Å². The van der Waals surface area contributed by atoms with Gasteiger partial charge in [0, 0.05) is 33.7 Å². The van der Waals surface area contributed by atoms with Crippen LogP contribution in [0.15, 0.2) is 46.2 Å². The highest BCUT2D eigenvalue weighted by molar-refractivity contribution is 7.84. The first-order valence-corrected chi connectivity index (χ1v) is 6.83. The van der Waals surface area contributed by atoms with E-state index in [1.165, 1.54) is 6.20 Å². The number of hydrogen-bond acceptors (Lipinski definition) is 2. The molecule has 5 heteroatoms. The molecule has 3 nitrogen and oxygen atoms in total. The lowest BCUT2D eigenvalue weighted by molar-refractivity contribution is 0.687. The number of rotatable bonds is 2. The maximum Gasteiger partial charge on any atom is 0.255 e. The normalized spacial score (nSPS) is 12.4. The van der Waals surface area contributed by atoms with Crippen LogP contribution in [0.25, 0.3) is 11.1 Å². The highest BCUT2D eigenvalue weighted by atomic mass is 35.5. The molecular formula is C12H10ClNO2S. The summed E-state index contributed by atoms with van der Waals surface area (Å²) in [6.45, 7) is 0. The van der Waals surface area contributed by atoms with Crippen molar-refractivity contribution < 1.29 is 4.21 Å². The van der Waals surface area contributed by atoms with Gasteiger partial charge in [-0.1, -0.05) is 23.7 Å². The molecule has 0 aliphatic heterocycles. The van der Waals surface area contributed by atoms with Crippen LogP contribution in [0.4, 0.5) is 0 Å². The van der Waals surface area contributed by atoms with E-state index >= 15 is 0 Å². The van der Waals surface area contributed by atoms with Gasteiger partial charge in [0.1, 0.15) is 0 Å². The van der Waals surface area contributed by atoms with E-state index in [1.807, 2.05) is 0 Å². The number of pyridine rings is 1. The van der Waals surface area contributed by atoms with E-state index in [-0.39, 0.29) is 5.56 Å². The van der Waals surface area contributed by atoms with Gasteiger partial charge in [0.25, 0.3) is 5.56 Å². The molecular weight excluding hydrogens is 258 g/mol. The molecule has 0 radical (unpaired) electrons. The summed E-state index contributed by atoms with van der Waals surface area (Å²) in [5, 5.41) is 0.475. The van der Waals surface area contributed by atoms with Gasteiger partial charge in [-0.15, -0.1) is 0 Å². The number of nitrogens with one attached hydrogen (secondary N) is 1. The Labute approximate surface area is 106 Å². The van der Waals surface area contributed by atoms with E-state index in [4.69, 9.17) is 11.6 Å².